The van der Waals surface area contributed by atoms with E-state index in [1.54, 1.807) is 0 Å². The average Bonchev–Trinajstić information content (AvgIpc) is 2.79. The van der Waals surface area contributed by atoms with Crippen LogP contribution in [0.4, 0.5) is 4.79 Å². The van der Waals surface area contributed by atoms with Crippen LogP contribution < -0.4 is 0 Å². The van der Waals surface area contributed by atoms with E-state index in [9.17, 15) is 24.0 Å². The Labute approximate surface area is 99.4 Å². The summed E-state index contributed by atoms with van der Waals surface area (Å²) in [6, 6.07) is 0. The zero-order valence-corrected chi connectivity index (χ0v) is 8.82. The zero-order valence-electron chi connectivity index (χ0n) is 8.82. The molecular formula is C9H6N2O7. The number of hydrogen-bond acceptors (Lipinski definition) is 7. The smallest absolute Gasteiger partial charge is 0.293 e. The van der Waals surface area contributed by atoms with Crippen LogP contribution in [0.1, 0.15) is 12.8 Å². The second kappa shape index (κ2) is 4.28. The maximum absolute atomic E-state index is 11.2. The maximum atomic E-state index is 11.2. The van der Waals surface area contributed by atoms with Crippen molar-refractivity contribution >= 4 is 29.8 Å². The number of carbonyl (C=O) groups excluding carboxylic acids is 5. The lowest BCUT2D eigenvalue weighted by molar-refractivity contribution is -0.197. The Morgan fingerprint density at radius 1 is 0.889 bits per heavy atom. The van der Waals surface area contributed by atoms with E-state index in [2.05, 4.69) is 9.68 Å². The molecule has 1 fully saturated rings. The van der Waals surface area contributed by atoms with E-state index in [4.69, 9.17) is 0 Å². The van der Waals surface area contributed by atoms with E-state index in [0.717, 1.165) is 12.2 Å². The molecule has 94 valence electrons. The molecule has 0 unspecified atom stereocenters. The third-order valence-electron chi connectivity index (χ3n) is 2.11. The van der Waals surface area contributed by atoms with E-state index in [-0.39, 0.29) is 23.0 Å². The number of imide groups is 2. The Balaban J connectivity index is 1.93. The fourth-order valence-corrected chi connectivity index (χ4v) is 1.30. The fourth-order valence-electron chi connectivity index (χ4n) is 1.30. The number of nitrogens with zero attached hydrogens (tertiary/aromatic N) is 2. The van der Waals surface area contributed by atoms with Crippen LogP contribution in [0.3, 0.4) is 0 Å². The highest BCUT2D eigenvalue weighted by atomic mass is 16.9. The van der Waals surface area contributed by atoms with Gasteiger partial charge in [-0.05, 0) is 0 Å². The second-order valence-corrected chi connectivity index (χ2v) is 3.32. The molecule has 0 radical (unpaired) electrons. The topological polar surface area (TPSA) is 110 Å². The van der Waals surface area contributed by atoms with Gasteiger partial charge in [-0.2, -0.15) is 4.79 Å². The van der Waals surface area contributed by atoms with Crippen LogP contribution in [0.5, 0.6) is 0 Å². The normalized spacial score (nSPS) is 18.9. The standard InChI is InChI=1S/C9H6N2O7/c12-5-1-2-6(13)10(5)17-9(16)18-11-7(14)3-4-8(11)15/h1-2H,3-4H2. The monoisotopic (exact) mass is 254 g/mol. The van der Waals surface area contributed by atoms with Crippen LogP contribution in [0.2, 0.25) is 0 Å². The predicted octanol–water partition coefficient (Wildman–Crippen LogP) is -0.956. The van der Waals surface area contributed by atoms with Crippen molar-refractivity contribution in [3.8, 4) is 0 Å². The Morgan fingerprint density at radius 3 is 1.83 bits per heavy atom. The molecule has 2 heterocycles. The van der Waals surface area contributed by atoms with Crippen molar-refractivity contribution in [2.24, 2.45) is 0 Å². The van der Waals surface area contributed by atoms with Crippen molar-refractivity contribution in [3.63, 3.8) is 0 Å². The molecule has 0 N–H and O–H groups in total. The molecule has 2 rings (SSSR count). The Kier molecular flexibility index (Phi) is 2.80. The lowest BCUT2D eigenvalue weighted by Crippen LogP contribution is -2.38. The molecule has 9 heteroatoms. The summed E-state index contributed by atoms with van der Waals surface area (Å²) >= 11 is 0. The molecule has 0 aromatic rings. The lowest BCUT2D eigenvalue weighted by Gasteiger charge is -2.15. The van der Waals surface area contributed by atoms with Gasteiger partial charge in [-0.15, -0.1) is 0 Å². The minimum absolute atomic E-state index is 0.0742. The van der Waals surface area contributed by atoms with Crippen molar-refractivity contribution in [3.05, 3.63) is 12.2 Å². The van der Waals surface area contributed by atoms with Gasteiger partial charge in [-0.1, -0.05) is 10.1 Å². The first-order chi connectivity index (χ1) is 8.49. The third-order valence-corrected chi connectivity index (χ3v) is 2.11. The van der Waals surface area contributed by atoms with Crippen LogP contribution in [-0.4, -0.2) is 39.9 Å². The van der Waals surface area contributed by atoms with Gasteiger partial charge in [0.05, 0.1) is 0 Å². The van der Waals surface area contributed by atoms with Gasteiger partial charge >= 0.3 is 6.16 Å². The second-order valence-electron chi connectivity index (χ2n) is 3.32. The molecule has 1 saturated heterocycles. The van der Waals surface area contributed by atoms with Crippen LogP contribution in [0.25, 0.3) is 0 Å². The van der Waals surface area contributed by atoms with Gasteiger partial charge < -0.3 is 0 Å². The largest absolute Gasteiger partial charge is 0.560 e. The molecule has 0 aromatic carbocycles. The first-order valence-electron chi connectivity index (χ1n) is 4.81. The molecule has 0 bridgehead atoms. The van der Waals surface area contributed by atoms with E-state index in [1.165, 1.54) is 0 Å². The Morgan fingerprint density at radius 2 is 1.33 bits per heavy atom. The molecule has 4 amide bonds. The first kappa shape index (κ1) is 11.8. The summed E-state index contributed by atoms with van der Waals surface area (Å²) in [4.78, 5) is 64.0. The van der Waals surface area contributed by atoms with Crippen molar-refractivity contribution in [2.75, 3.05) is 0 Å². The molecule has 0 spiro atoms. The summed E-state index contributed by atoms with van der Waals surface area (Å²) in [5.74, 6) is -3.13. The zero-order chi connectivity index (χ0) is 13.3. The van der Waals surface area contributed by atoms with E-state index < -0.39 is 29.8 Å². The molecule has 0 aliphatic carbocycles. The first-order valence-corrected chi connectivity index (χ1v) is 4.81. The Hall–Kier alpha value is -2.71. The summed E-state index contributed by atoms with van der Waals surface area (Å²) in [7, 11) is 0. The van der Waals surface area contributed by atoms with Crippen LogP contribution >= 0.6 is 0 Å². The molecular weight excluding hydrogens is 248 g/mol. The van der Waals surface area contributed by atoms with Crippen molar-refractivity contribution < 1.29 is 33.6 Å². The summed E-state index contributed by atoms with van der Waals surface area (Å²) < 4.78 is 0. The molecule has 0 aromatic heterocycles. The minimum atomic E-state index is -1.52. The van der Waals surface area contributed by atoms with Crippen LogP contribution in [0.15, 0.2) is 12.2 Å². The molecule has 0 atom stereocenters. The quantitative estimate of drug-likeness (QED) is 0.583. The van der Waals surface area contributed by atoms with E-state index in [0.29, 0.717) is 0 Å². The maximum Gasteiger partial charge on any atom is 0.560 e. The number of rotatable bonds is 2. The van der Waals surface area contributed by atoms with Gasteiger partial charge in [0.15, 0.2) is 0 Å². The van der Waals surface area contributed by atoms with Crippen molar-refractivity contribution in [1.29, 1.82) is 0 Å². The number of carbonyl (C=O) groups is 5. The molecule has 2 aliphatic heterocycles. The molecule has 0 saturated carbocycles. The van der Waals surface area contributed by atoms with Gasteiger partial charge in [0.2, 0.25) is 0 Å². The Bertz CT molecular complexity index is 455. The average molecular weight is 254 g/mol. The van der Waals surface area contributed by atoms with Gasteiger partial charge in [0.1, 0.15) is 0 Å². The third kappa shape index (κ3) is 2.05. The number of amides is 4. The summed E-state index contributed by atoms with van der Waals surface area (Å²) in [5.41, 5.74) is 0. The SMILES string of the molecule is O=C(ON1C(=O)C=CC1=O)ON1C(=O)CCC1=O. The van der Waals surface area contributed by atoms with Gasteiger partial charge in [-0.3, -0.25) is 28.9 Å². The minimum Gasteiger partial charge on any atom is -0.293 e. The van der Waals surface area contributed by atoms with E-state index >= 15 is 0 Å². The molecule has 2 aliphatic rings. The van der Waals surface area contributed by atoms with Gasteiger partial charge in [0.25, 0.3) is 23.6 Å². The summed E-state index contributed by atoms with van der Waals surface area (Å²) in [6.07, 6.45) is 0.109. The highest BCUT2D eigenvalue weighted by molar-refractivity contribution is 6.12. The summed E-state index contributed by atoms with van der Waals surface area (Å²) in [6.45, 7) is 0. The van der Waals surface area contributed by atoms with Crippen molar-refractivity contribution in [1.82, 2.24) is 10.1 Å². The van der Waals surface area contributed by atoms with Crippen molar-refractivity contribution in [2.45, 2.75) is 12.8 Å². The highest BCUT2D eigenvalue weighted by Crippen LogP contribution is 2.13. The highest BCUT2D eigenvalue weighted by Gasteiger charge is 2.35. The number of hydrogen-bond donors (Lipinski definition) is 0. The van der Waals surface area contributed by atoms with Gasteiger partial charge in [-0.25, -0.2) is 0 Å². The number of hydroxylamine groups is 4. The summed E-state index contributed by atoms with van der Waals surface area (Å²) in [5, 5.41) is 0.383. The van der Waals surface area contributed by atoms with E-state index in [1.807, 2.05) is 0 Å². The van der Waals surface area contributed by atoms with Crippen LogP contribution in [-0.2, 0) is 28.9 Å². The van der Waals surface area contributed by atoms with Crippen LogP contribution in [0, 0.1) is 0 Å². The van der Waals surface area contributed by atoms with Gasteiger partial charge in [0, 0.05) is 25.0 Å². The molecule has 9 nitrogen and oxygen atoms in total. The predicted molar refractivity (Wildman–Crippen MR) is 49.6 cm³/mol. The lowest BCUT2D eigenvalue weighted by atomic mass is 10.4. The molecule has 18 heavy (non-hydrogen) atoms. The fraction of sp³-hybridized carbons (Fsp3) is 0.222.